The molecule has 9 heteroatoms. The normalized spacial score (nSPS) is 10.8. The van der Waals surface area contributed by atoms with Crippen molar-refractivity contribution in [1.82, 2.24) is 24.8 Å². The highest BCUT2D eigenvalue weighted by Crippen LogP contribution is 2.28. The molecular formula is C24H20N6O3. The van der Waals surface area contributed by atoms with E-state index in [1.807, 2.05) is 54.7 Å². The first-order valence-electron chi connectivity index (χ1n) is 10.2. The average Bonchev–Trinajstić information content (AvgIpc) is 3.53. The van der Waals surface area contributed by atoms with Crippen molar-refractivity contribution < 1.29 is 14.3 Å². The molecule has 0 aliphatic rings. The van der Waals surface area contributed by atoms with E-state index in [1.165, 1.54) is 7.11 Å². The number of aromatic amines is 1. The number of H-pyrrole nitrogens is 1. The van der Waals surface area contributed by atoms with Crippen molar-refractivity contribution in [2.75, 3.05) is 19.5 Å². The van der Waals surface area contributed by atoms with Crippen LogP contribution in [0.4, 0.5) is 5.69 Å². The van der Waals surface area contributed by atoms with Crippen LogP contribution in [0.3, 0.4) is 0 Å². The lowest BCUT2D eigenvalue weighted by Crippen LogP contribution is -2.12. The lowest BCUT2D eigenvalue weighted by molar-refractivity contribution is 0.102. The Morgan fingerprint density at radius 2 is 1.82 bits per heavy atom. The number of hydrogen-bond acceptors (Lipinski definition) is 6. The summed E-state index contributed by atoms with van der Waals surface area (Å²) in [4.78, 5) is 15.9. The molecule has 0 saturated carbocycles. The predicted molar refractivity (Wildman–Crippen MR) is 124 cm³/mol. The fourth-order valence-electron chi connectivity index (χ4n) is 3.52. The maximum absolute atomic E-state index is 12.8. The number of ether oxygens (including phenoxy) is 2. The van der Waals surface area contributed by atoms with Gasteiger partial charge in [0.15, 0.2) is 17.1 Å². The number of hydrogen-bond donors (Lipinski definition) is 2. The lowest BCUT2D eigenvalue weighted by atomic mass is 10.1. The highest BCUT2D eigenvalue weighted by Gasteiger charge is 2.13. The highest BCUT2D eigenvalue weighted by molar-refractivity contribution is 6.04. The molecule has 0 bridgehead atoms. The Labute approximate surface area is 189 Å². The number of aromatic nitrogens is 5. The van der Waals surface area contributed by atoms with Crippen LogP contribution >= 0.6 is 0 Å². The summed E-state index contributed by atoms with van der Waals surface area (Å²) in [5.74, 6) is 1.41. The van der Waals surface area contributed by atoms with Crippen molar-refractivity contribution in [3.8, 4) is 34.3 Å². The molecule has 3 aromatic heterocycles. The zero-order chi connectivity index (χ0) is 22.8. The largest absolute Gasteiger partial charge is 0.493 e. The molecule has 0 saturated heterocycles. The van der Waals surface area contributed by atoms with E-state index in [9.17, 15) is 4.79 Å². The molecule has 9 nitrogen and oxygen atoms in total. The quantitative estimate of drug-likeness (QED) is 0.413. The summed E-state index contributed by atoms with van der Waals surface area (Å²) in [5.41, 5.74) is 4.12. The van der Waals surface area contributed by atoms with Crippen molar-refractivity contribution in [2.24, 2.45) is 0 Å². The summed E-state index contributed by atoms with van der Waals surface area (Å²) >= 11 is 0. The fraction of sp³-hybridized carbons (Fsp3) is 0.0833. The van der Waals surface area contributed by atoms with Crippen LogP contribution < -0.4 is 14.8 Å². The monoisotopic (exact) mass is 440 g/mol. The van der Waals surface area contributed by atoms with Crippen molar-refractivity contribution >= 4 is 17.2 Å². The predicted octanol–water partition coefficient (Wildman–Crippen LogP) is 4.06. The Bertz CT molecular complexity index is 1440. The highest BCUT2D eigenvalue weighted by atomic mass is 16.5. The van der Waals surface area contributed by atoms with Crippen molar-refractivity contribution in [1.29, 1.82) is 0 Å². The third-order valence-corrected chi connectivity index (χ3v) is 5.16. The van der Waals surface area contributed by atoms with Gasteiger partial charge >= 0.3 is 0 Å². The number of amides is 1. The van der Waals surface area contributed by atoms with E-state index in [-0.39, 0.29) is 5.91 Å². The smallest absolute Gasteiger partial charge is 0.255 e. The molecule has 0 aliphatic heterocycles. The number of fused-ring (bicyclic) bond motifs is 1. The molecule has 2 aromatic carbocycles. The molecule has 0 atom stereocenters. The first-order valence-corrected chi connectivity index (χ1v) is 10.2. The SMILES string of the molecule is COc1ccc(C(=O)Nc2cccc(-c3ccc4nnc(-c5ccc[nH]5)n4n3)c2)cc1OC. The van der Waals surface area contributed by atoms with E-state index in [2.05, 4.69) is 20.5 Å². The molecule has 0 unspecified atom stereocenters. The van der Waals surface area contributed by atoms with E-state index in [0.29, 0.717) is 34.2 Å². The molecule has 0 radical (unpaired) electrons. The van der Waals surface area contributed by atoms with Crippen molar-refractivity contribution in [3.63, 3.8) is 0 Å². The van der Waals surface area contributed by atoms with Crippen molar-refractivity contribution in [3.05, 3.63) is 78.5 Å². The van der Waals surface area contributed by atoms with Gasteiger partial charge in [0.05, 0.1) is 25.6 Å². The van der Waals surface area contributed by atoms with Gasteiger partial charge in [-0.25, -0.2) is 0 Å². The van der Waals surface area contributed by atoms with Gasteiger partial charge in [-0.1, -0.05) is 12.1 Å². The van der Waals surface area contributed by atoms with Gasteiger partial charge in [0.2, 0.25) is 5.82 Å². The second kappa shape index (κ2) is 8.46. The van der Waals surface area contributed by atoms with Crippen LogP contribution in [0, 0.1) is 0 Å². The Balaban J connectivity index is 1.43. The third kappa shape index (κ3) is 3.87. The van der Waals surface area contributed by atoms with Crippen LogP contribution in [0.2, 0.25) is 0 Å². The van der Waals surface area contributed by atoms with Crippen LogP contribution in [0.25, 0.3) is 28.4 Å². The van der Waals surface area contributed by atoms with Gasteiger partial charge < -0.3 is 19.8 Å². The van der Waals surface area contributed by atoms with E-state index < -0.39 is 0 Å². The van der Waals surface area contributed by atoms with Crippen LogP contribution in [0.5, 0.6) is 11.5 Å². The second-order valence-corrected chi connectivity index (χ2v) is 7.20. The molecule has 1 amide bonds. The molecule has 33 heavy (non-hydrogen) atoms. The molecule has 5 aromatic rings. The second-order valence-electron chi connectivity index (χ2n) is 7.20. The Kier molecular flexibility index (Phi) is 5.19. The summed E-state index contributed by atoms with van der Waals surface area (Å²) in [6, 6.07) is 20.0. The Hall–Kier alpha value is -4.66. The van der Waals surface area contributed by atoms with Gasteiger partial charge in [-0.3, -0.25) is 4.79 Å². The number of nitrogens with zero attached hydrogens (tertiary/aromatic N) is 4. The number of rotatable bonds is 6. The lowest BCUT2D eigenvalue weighted by Gasteiger charge is -2.11. The summed E-state index contributed by atoms with van der Waals surface area (Å²) < 4.78 is 12.2. The van der Waals surface area contributed by atoms with Crippen molar-refractivity contribution in [2.45, 2.75) is 0 Å². The number of nitrogens with one attached hydrogen (secondary N) is 2. The maximum Gasteiger partial charge on any atom is 0.255 e. The van der Waals surface area contributed by atoms with E-state index in [1.54, 1.807) is 29.8 Å². The van der Waals surface area contributed by atoms with Gasteiger partial charge in [-0.05, 0) is 54.6 Å². The van der Waals surface area contributed by atoms with E-state index in [0.717, 1.165) is 17.0 Å². The van der Waals surface area contributed by atoms with E-state index in [4.69, 9.17) is 14.6 Å². The van der Waals surface area contributed by atoms with Gasteiger partial charge in [0, 0.05) is 23.0 Å². The summed E-state index contributed by atoms with van der Waals surface area (Å²) in [7, 11) is 3.08. The number of carbonyl (C=O) groups is 1. The minimum absolute atomic E-state index is 0.260. The first kappa shape index (κ1) is 20.3. The van der Waals surface area contributed by atoms with Crippen LogP contribution in [-0.4, -0.2) is 44.9 Å². The molecule has 3 heterocycles. The van der Waals surface area contributed by atoms with Crippen LogP contribution in [0.15, 0.2) is 72.9 Å². The van der Waals surface area contributed by atoms with E-state index >= 15 is 0 Å². The molecule has 0 fully saturated rings. The fourth-order valence-corrected chi connectivity index (χ4v) is 3.52. The maximum atomic E-state index is 12.8. The molecule has 164 valence electrons. The standard InChI is InChI=1S/C24H20N6O3/c1-32-20-10-8-16(14-21(20)33-2)24(31)26-17-6-3-5-15(13-17)18-9-11-22-27-28-23(30(22)29-18)19-7-4-12-25-19/h3-14,25H,1-2H3,(H,26,31). The van der Waals surface area contributed by atoms with Gasteiger partial charge in [0.25, 0.3) is 5.91 Å². The number of benzene rings is 2. The minimum atomic E-state index is -0.260. The summed E-state index contributed by atoms with van der Waals surface area (Å²) in [6.07, 6.45) is 1.82. The molecule has 2 N–H and O–H groups in total. The van der Waals surface area contributed by atoms with Crippen LogP contribution in [-0.2, 0) is 0 Å². The number of methoxy groups -OCH3 is 2. The van der Waals surface area contributed by atoms with Gasteiger partial charge in [-0.2, -0.15) is 9.61 Å². The average molecular weight is 440 g/mol. The van der Waals surface area contributed by atoms with Crippen LogP contribution in [0.1, 0.15) is 10.4 Å². The zero-order valence-corrected chi connectivity index (χ0v) is 17.9. The molecule has 0 aliphatic carbocycles. The minimum Gasteiger partial charge on any atom is -0.493 e. The van der Waals surface area contributed by atoms with Gasteiger partial charge in [0.1, 0.15) is 0 Å². The number of carbonyl (C=O) groups excluding carboxylic acids is 1. The Morgan fingerprint density at radius 3 is 2.61 bits per heavy atom. The van der Waals surface area contributed by atoms with Gasteiger partial charge in [-0.15, -0.1) is 10.2 Å². The molecule has 0 spiro atoms. The first-order chi connectivity index (χ1) is 16.2. The molecular weight excluding hydrogens is 420 g/mol. The zero-order valence-electron chi connectivity index (χ0n) is 17.9. The molecule has 5 rings (SSSR count). The summed E-state index contributed by atoms with van der Waals surface area (Å²) in [6.45, 7) is 0. The topological polar surface area (TPSA) is 106 Å². The third-order valence-electron chi connectivity index (χ3n) is 5.16. The summed E-state index contributed by atoms with van der Waals surface area (Å²) in [5, 5.41) is 16.0. The Morgan fingerprint density at radius 1 is 0.939 bits per heavy atom. The number of anilines is 1.